The number of anilines is 3. The fraction of sp³-hybridized carbons (Fsp3) is 0.0769. The minimum Gasteiger partial charge on any atom is -0.464 e. The number of nitrogens with one attached hydrogen (secondary N) is 1. The molecule has 12 heteroatoms. The Morgan fingerprint density at radius 2 is 1.64 bits per heavy atom. The Hall–Kier alpha value is -3.08. The summed E-state index contributed by atoms with van der Waals surface area (Å²) >= 11 is 5.63. The fourth-order valence-corrected chi connectivity index (χ4v) is 1.93. The molecule has 0 aliphatic carbocycles. The molecule has 0 atom stereocenters. The van der Waals surface area contributed by atoms with E-state index in [0.29, 0.717) is 0 Å². The lowest BCUT2D eigenvalue weighted by atomic mass is 10.2. The smallest absolute Gasteiger partial charge is 0.422 e. The minimum atomic E-state index is -4.49. The Morgan fingerprint density at radius 3 is 2.12 bits per heavy atom. The number of hydrogen-bond donors (Lipinski definition) is 3. The van der Waals surface area contributed by atoms with Crippen molar-refractivity contribution in [3.05, 3.63) is 41.2 Å². The van der Waals surface area contributed by atoms with E-state index in [9.17, 15) is 22.8 Å². The van der Waals surface area contributed by atoms with Crippen molar-refractivity contribution in [2.45, 2.75) is 6.18 Å². The van der Waals surface area contributed by atoms with E-state index >= 15 is 0 Å². The molecule has 1 heterocycles. The van der Waals surface area contributed by atoms with Gasteiger partial charge in [-0.2, -0.15) is 23.1 Å². The van der Waals surface area contributed by atoms with Crippen LogP contribution >= 0.6 is 11.6 Å². The van der Waals surface area contributed by atoms with Crippen LogP contribution in [-0.2, 0) is 6.18 Å². The number of rotatable bonds is 3. The molecule has 1 aromatic carbocycles. The number of carbonyl (C=O) groups is 2. The van der Waals surface area contributed by atoms with Crippen molar-refractivity contribution in [1.29, 1.82) is 0 Å². The van der Waals surface area contributed by atoms with Gasteiger partial charge >= 0.3 is 18.4 Å². The summed E-state index contributed by atoms with van der Waals surface area (Å²) < 4.78 is 37.6. The van der Waals surface area contributed by atoms with Crippen LogP contribution < -0.4 is 10.2 Å². The summed E-state index contributed by atoms with van der Waals surface area (Å²) in [6.45, 7) is 0. The van der Waals surface area contributed by atoms with E-state index in [1.54, 1.807) is 0 Å². The zero-order chi connectivity index (χ0) is 18.8. The summed E-state index contributed by atoms with van der Waals surface area (Å²) in [5, 5.41) is 19.9. The van der Waals surface area contributed by atoms with Crippen LogP contribution in [0.1, 0.15) is 5.56 Å². The summed E-state index contributed by atoms with van der Waals surface area (Å²) in [4.78, 5) is 29.0. The first-order valence-corrected chi connectivity index (χ1v) is 6.70. The number of halogens is 4. The SMILES string of the molecule is O=C(O)N(C(=O)O)c1cc(Nc2ccc(C(F)(F)F)cc2)nc(Cl)n1. The Kier molecular flexibility index (Phi) is 4.97. The van der Waals surface area contributed by atoms with Crippen LogP contribution in [0, 0.1) is 0 Å². The van der Waals surface area contributed by atoms with Crippen molar-refractivity contribution >= 4 is 41.1 Å². The summed E-state index contributed by atoms with van der Waals surface area (Å²) in [5.41, 5.74) is -0.673. The maximum absolute atomic E-state index is 12.5. The van der Waals surface area contributed by atoms with Crippen LogP contribution in [0.25, 0.3) is 0 Å². The van der Waals surface area contributed by atoms with Crippen molar-refractivity contribution in [2.24, 2.45) is 0 Å². The van der Waals surface area contributed by atoms with Crippen LogP contribution in [0.5, 0.6) is 0 Å². The van der Waals surface area contributed by atoms with E-state index in [1.165, 1.54) is 0 Å². The average Bonchev–Trinajstić information content (AvgIpc) is 2.45. The van der Waals surface area contributed by atoms with Crippen LogP contribution in [-0.4, -0.2) is 32.4 Å². The number of benzene rings is 1. The first kappa shape index (κ1) is 18.3. The molecule has 25 heavy (non-hydrogen) atoms. The molecule has 0 aliphatic rings. The Morgan fingerprint density at radius 1 is 1.08 bits per heavy atom. The van der Waals surface area contributed by atoms with E-state index in [0.717, 1.165) is 30.3 Å². The third-order valence-electron chi connectivity index (χ3n) is 2.78. The molecule has 2 rings (SSSR count). The highest BCUT2D eigenvalue weighted by atomic mass is 35.5. The predicted octanol–water partition coefficient (Wildman–Crippen LogP) is 4.05. The molecule has 0 saturated carbocycles. The molecule has 0 spiro atoms. The topological polar surface area (TPSA) is 116 Å². The lowest BCUT2D eigenvalue weighted by Gasteiger charge is -2.14. The van der Waals surface area contributed by atoms with Gasteiger partial charge < -0.3 is 15.5 Å². The molecule has 3 N–H and O–H groups in total. The predicted molar refractivity (Wildman–Crippen MR) is 80.3 cm³/mol. The summed E-state index contributed by atoms with van der Waals surface area (Å²) in [6, 6.07) is 4.85. The molecule has 1 aromatic heterocycles. The molecule has 132 valence electrons. The zero-order valence-electron chi connectivity index (χ0n) is 12.0. The largest absolute Gasteiger partial charge is 0.464 e. The number of amides is 2. The van der Waals surface area contributed by atoms with Gasteiger partial charge in [-0.15, -0.1) is 0 Å². The molecule has 8 nitrogen and oxygen atoms in total. The van der Waals surface area contributed by atoms with Gasteiger partial charge in [-0.25, -0.2) is 14.6 Å². The highest BCUT2D eigenvalue weighted by molar-refractivity contribution is 6.28. The lowest BCUT2D eigenvalue weighted by molar-refractivity contribution is -0.137. The van der Waals surface area contributed by atoms with Crippen molar-refractivity contribution < 1.29 is 33.0 Å². The van der Waals surface area contributed by atoms with Gasteiger partial charge in [0, 0.05) is 11.8 Å². The second-order valence-electron chi connectivity index (χ2n) is 4.48. The van der Waals surface area contributed by atoms with E-state index < -0.39 is 35.0 Å². The van der Waals surface area contributed by atoms with Crippen LogP contribution in [0.3, 0.4) is 0 Å². The van der Waals surface area contributed by atoms with Gasteiger partial charge in [0.1, 0.15) is 5.82 Å². The number of alkyl halides is 3. The highest BCUT2D eigenvalue weighted by Crippen LogP contribution is 2.30. The Balaban J connectivity index is 2.31. The molecule has 0 bridgehead atoms. The van der Waals surface area contributed by atoms with Gasteiger partial charge in [-0.05, 0) is 35.9 Å². The Bertz CT molecular complexity index is 800. The van der Waals surface area contributed by atoms with E-state index in [4.69, 9.17) is 21.8 Å². The molecule has 0 unspecified atom stereocenters. The molecule has 0 fully saturated rings. The van der Waals surface area contributed by atoms with Gasteiger partial charge in [-0.1, -0.05) is 0 Å². The molecule has 0 saturated heterocycles. The quantitative estimate of drug-likeness (QED) is 0.692. The Labute approximate surface area is 142 Å². The van der Waals surface area contributed by atoms with Crippen LogP contribution in [0.4, 0.5) is 40.1 Å². The van der Waals surface area contributed by atoms with E-state index in [-0.39, 0.29) is 16.4 Å². The van der Waals surface area contributed by atoms with Gasteiger partial charge in [0.05, 0.1) is 5.56 Å². The van der Waals surface area contributed by atoms with E-state index in [2.05, 4.69) is 15.3 Å². The monoisotopic (exact) mass is 376 g/mol. The first-order valence-electron chi connectivity index (χ1n) is 6.33. The first-order chi connectivity index (χ1) is 11.6. The zero-order valence-corrected chi connectivity index (χ0v) is 12.7. The van der Waals surface area contributed by atoms with E-state index in [1.807, 2.05) is 0 Å². The standard InChI is InChI=1S/C13H8ClF3N4O4/c14-10-19-8(5-9(20-10)21(11(22)23)12(24)25)18-7-3-1-6(2-4-7)13(15,16)17/h1-5H,(H,22,23)(H,24,25)(H,18,19,20). The molecule has 2 amide bonds. The second-order valence-corrected chi connectivity index (χ2v) is 4.82. The molecule has 2 aromatic rings. The fourth-order valence-electron chi connectivity index (χ4n) is 1.75. The maximum atomic E-state index is 12.5. The van der Waals surface area contributed by atoms with Gasteiger partial charge in [0.25, 0.3) is 0 Å². The molecule has 0 aliphatic heterocycles. The summed E-state index contributed by atoms with van der Waals surface area (Å²) in [5.74, 6) is -0.656. The van der Waals surface area contributed by atoms with Crippen molar-refractivity contribution in [2.75, 3.05) is 10.2 Å². The number of aromatic nitrogens is 2. The highest BCUT2D eigenvalue weighted by Gasteiger charge is 2.30. The minimum absolute atomic E-state index is 0.0918. The van der Waals surface area contributed by atoms with Crippen LogP contribution in [0.2, 0.25) is 5.28 Å². The number of nitrogens with zero attached hydrogens (tertiary/aromatic N) is 3. The summed E-state index contributed by atoms with van der Waals surface area (Å²) in [6.07, 6.45) is -8.13. The normalized spacial score (nSPS) is 11.0. The summed E-state index contributed by atoms with van der Waals surface area (Å²) in [7, 11) is 0. The van der Waals surface area contributed by atoms with Crippen LogP contribution in [0.15, 0.2) is 30.3 Å². The van der Waals surface area contributed by atoms with Gasteiger partial charge in [0.15, 0.2) is 5.82 Å². The maximum Gasteiger partial charge on any atom is 0.422 e. The van der Waals surface area contributed by atoms with Crippen molar-refractivity contribution in [3.63, 3.8) is 0 Å². The molecule has 0 radical (unpaired) electrons. The second kappa shape index (κ2) is 6.81. The molecular formula is C13H8ClF3N4O4. The lowest BCUT2D eigenvalue weighted by Crippen LogP contribution is -2.35. The van der Waals surface area contributed by atoms with Gasteiger partial charge in [0.2, 0.25) is 5.28 Å². The third kappa shape index (κ3) is 4.47. The number of hydrogen-bond acceptors (Lipinski definition) is 5. The number of imide groups is 1. The van der Waals surface area contributed by atoms with Crippen molar-refractivity contribution in [3.8, 4) is 0 Å². The third-order valence-corrected chi connectivity index (χ3v) is 2.95. The number of carboxylic acid groups (broad SMARTS) is 2. The van der Waals surface area contributed by atoms with Crippen molar-refractivity contribution in [1.82, 2.24) is 9.97 Å². The average molecular weight is 377 g/mol. The van der Waals surface area contributed by atoms with Gasteiger partial charge in [-0.3, -0.25) is 0 Å². The molecular weight excluding hydrogens is 369 g/mol.